The van der Waals surface area contributed by atoms with Crippen LogP contribution in [0.15, 0.2) is 66.7 Å². The molecule has 140 valence electrons. The molecule has 0 fully saturated rings. The van der Waals surface area contributed by atoms with Crippen LogP contribution in [0.25, 0.3) is 0 Å². The van der Waals surface area contributed by atoms with Crippen LogP contribution >= 0.6 is 11.6 Å². The first-order chi connectivity index (χ1) is 13.2. The molecule has 0 aliphatic rings. The summed E-state index contributed by atoms with van der Waals surface area (Å²) in [7, 11) is 1.67. The SMILES string of the molecule is COc1ccccc1CNCc1cccc(OCc2ccc(F)cc2Cl)c1. The molecular weight excluding hydrogens is 365 g/mol. The highest BCUT2D eigenvalue weighted by atomic mass is 35.5. The van der Waals surface area contributed by atoms with E-state index in [0.717, 1.165) is 28.2 Å². The van der Waals surface area contributed by atoms with Gasteiger partial charge in [0.25, 0.3) is 0 Å². The number of hydrogen-bond donors (Lipinski definition) is 1. The molecule has 0 unspecified atom stereocenters. The number of methoxy groups -OCH3 is 1. The highest BCUT2D eigenvalue weighted by molar-refractivity contribution is 6.31. The first-order valence-electron chi connectivity index (χ1n) is 8.64. The van der Waals surface area contributed by atoms with Crippen molar-refractivity contribution in [3.63, 3.8) is 0 Å². The van der Waals surface area contributed by atoms with Crippen molar-refractivity contribution in [2.45, 2.75) is 19.7 Å². The Morgan fingerprint density at radius 1 is 0.926 bits per heavy atom. The molecule has 0 bridgehead atoms. The van der Waals surface area contributed by atoms with Gasteiger partial charge in [0.05, 0.1) is 12.1 Å². The van der Waals surface area contributed by atoms with E-state index in [-0.39, 0.29) is 12.4 Å². The van der Waals surface area contributed by atoms with Gasteiger partial charge in [0.1, 0.15) is 23.9 Å². The second-order valence-corrected chi connectivity index (χ2v) is 6.49. The van der Waals surface area contributed by atoms with Crippen molar-refractivity contribution in [3.8, 4) is 11.5 Å². The zero-order valence-corrected chi connectivity index (χ0v) is 15.8. The third-order valence-corrected chi connectivity index (χ3v) is 4.50. The van der Waals surface area contributed by atoms with Gasteiger partial charge in [-0.1, -0.05) is 48.0 Å². The lowest BCUT2D eigenvalue weighted by Gasteiger charge is -2.11. The smallest absolute Gasteiger partial charge is 0.124 e. The number of nitrogens with one attached hydrogen (secondary N) is 1. The third kappa shape index (κ3) is 5.46. The van der Waals surface area contributed by atoms with Crippen LogP contribution in [0.2, 0.25) is 5.02 Å². The molecule has 0 saturated carbocycles. The molecule has 0 spiro atoms. The molecule has 0 aliphatic heterocycles. The normalized spacial score (nSPS) is 10.6. The van der Waals surface area contributed by atoms with E-state index in [0.29, 0.717) is 18.1 Å². The van der Waals surface area contributed by atoms with Gasteiger partial charge in [-0.25, -0.2) is 4.39 Å². The average Bonchev–Trinajstić information content (AvgIpc) is 2.68. The summed E-state index contributed by atoms with van der Waals surface area (Å²) >= 11 is 6.04. The van der Waals surface area contributed by atoms with Gasteiger partial charge in [0.2, 0.25) is 0 Å². The lowest BCUT2D eigenvalue weighted by atomic mass is 10.1. The van der Waals surface area contributed by atoms with E-state index in [1.54, 1.807) is 13.2 Å². The third-order valence-electron chi connectivity index (χ3n) is 4.14. The summed E-state index contributed by atoms with van der Waals surface area (Å²) in [5.74, 6) is 1.26. The molecule has 0 aromatic heterocycles. The Labute approximate surface area is 163 Å². The standard InChI is InChI=1S/C22H21ClFNO2/c1-26-22-8-3-2-6-17(22)14-25-13-16-5-4-7-20(11-16)27-15-18-9-10-19(24)12-21(18)23/h2-12,25H,13-15H2,1H3. The second kappa shape index (κ2) is 9.40. The fourth-order valence-corrected chi connectivity index (χ4v) is 2.96. The summed E-state index contributed by atoms with van der Waals surface area (Å²) in [5, 5.41) is 3.78. The number of benzene rings is 3. The Hall–Kier alpha value is -2.56. The number of hydrogen-bond acceptors (Lipinski definition) is 3. The molecule has 0 aliphatic carbocycles. The lowest BCUT2D eigenvalue weighted by molar-refractivity contribution is 0.306. The molecule has 0 atom stereocenters. The molecule has 3 aromatic rings. The van der Waals surface area contributed by atoms with Crippen molar-refractivity contribution in [1.29, 1.82) is 0 Å². The van der Waals surface area contributed by atoms with Gasteiger partial charge in [-0.15, -0.1) is 0 Å². The van der Waals surface area contributed by atoms with Gasteiger partial charge in [0, 0.05) is 24.2 Å². The summed E-state index contributed by atoms with van der Waals surface area (Å²) < 4.78 is 24.3. The highest BCUT2D eigenvalue weighted by Crippen LogP contribution is 2.21. The van der Waals surface area contributed by atoms with Gasteiger partial charge in [-0.3, -0.25) is 0 Å². The molecule has 0 amide bonds. The van der Waals surface area contributed by atoms with Crippen LogP contribution in [0.4, 0.5) is 4.39 Å². The minimum absolute atomic E-state index is 0.289. The molecule has 3 aromatic carbocycles. The predicted octanol–water partition coefficient (Wildman–Crippen LogP) is 5.36. The van der Waals surface area contributed by atoms with Crippen LogP contribution in [0, 0.1) is 5.82 Å². The van der Waals surface area contributed by atoms with Crippen LogP contribution in [-0.2, 0) is 19.7 Å². The molecule has 0 radical (unpaired) electrons. The van der Waals surface area contributed by atoms with Crippen molar-refractivity contribution >= 4 is 11.6 Å². The van der Waals surface area contributed by atoms with Crippen molar-refractivity contribution in [1.82, 2.24) is 5.32 Å². The summed E-state index contributed by atoms with van der Waals surface area (Å²) in [5.41, 5.74) is 2.96. The number of ether oxygens (including phenoxy) is 2. The summed E-state index contributed by atoms with van der Waals surface area (Å²) in [4.78, 5) is 0. The lowest BCUT2D eigenvalue weighted by Crippen LogP contribution is -2.13. The van der Waals surface area contributed by atoms with E-state index in [9.17, 15) is 4.39 Å². The molecule has 27 heavy (non-hydrogen) atoms. The van der Waals surface area contributed by atoms with E-state index < -0.39 is 0 Å². The minimum Gasteiger partial charge on any atom is -0.496 e. The Kier molecular flexibility index (Phi) is 6.69. The summed E-state index contributed by atoms with van der Waals surface area (Å²) in [6, 6.07) is 20.1. The van der Waals surface area contributed by atoms with Gasteiger partial charge >= 0.3 is 0 Å². The molecule has 0 saturated heterocycles. The molecule has 0 heterocycles. The fourth-order valence-electron chi connectivity index (χ4n) is 2.74. The number of rotatable bonds is 8. The molecule has 3 rings (SSSR count). The van der Waals surface area contributed by atoms with Gasteiger partial charge in [0.15, 0.2) is 0 Å². The van der Waals surface area contributed by atoms with E-state index >= 15 is 0 Å². The minimum atomic E-state index is -0.355. The van der Waals surface area contributed by atoms with Crippen LogP contribution < -0.4 is 14.8 Å². The van der Waals surface area contributed by atoms with E-state index in [2.05, 4.69) is 5.32 Å². The maximum Gasteiger partial charge on any atom is 0.124 e. The molecular formula is C22H21ClFNO2. The van der Waals surface area contributed by atoms with Gasteiger partial charge < -0.3 is 14.8 Å². The Morgan fingerprint density at radius 2 is 1.78 bits per heavy atom. The van der Waals surface area contributed by atoms with E-state index in [4.69, 9.17) is 21.1 Å². The first kappa shape index (κ1) is 19.2. The van der Waals surface area contributed by atoms with Crippen LogP contribution in [0.1, 0.15) is 16.7 Å². The van der Waals surface area contributed by atoms with Crippen LogP contribution in [-0.4, -0.2) is 7.11 Å². The van der Waals surface area contributed by atoms with Crippen molar-refractivity contribution < 1.29 is 13.9 Å². The maximum atomic E-state index is 13.1. The zero-order valence-electron chi connectivity index (χ0n) is 15.0. The molecule has 3 nitrogen and oxygen atoms in total. The quantitative estimate of drug-likeness (QED) is 0.566. The van der Waals surface area contributed by atoms with Crippen LogP contribution in [0.5, 0.6) is 11.5 Å². The van der Waals surface area contributed by atoms with E-state index in [1.807, 2.05) is 48.5 Å². The maximum absolute atomic E-state index is 13.1. The zero-order chi connectivity index (χ0) is 19.1. The highest BCUT2D eigenvalue weighted by Gasteiger charge is 2.05. The number of halogens is 2. The Balaban J connectivity index is 1.55. The monoisotopic (exact) mass is 385 g/mol. The van der Waals surface area contributed by atoms with Crippen LogP contribution in [0.3, 0.4) is 0 Å². The molecule has 5 heteroatoms. The Bertz CT molecular complexity index is 901. The Morgan fingerprint density at radius 3 is 2.59 bits per heavy atom. The topological polar surface area (TPSA) is 30.5 Å². The number of para-hydroxylation sites is 1. The summed E-state index contributed by atoms with van der Waals surface area (Å²) in [6.07, 6.45) is 0. The van der Waals surface area contributed by atoms with Crippen molar-refractivity contribution in [2.24, 2.45) is 0 Å². The predicted molar refractivity (Wildman–Crippen MR) is 106 cm³/mol. The average molecular weight is 386 g/mol. The first-order valence-corrected chi connectivity index (χ1v) is 9.02. The molecule has 1 N–H and O–H groups in total. The second-order valence-electron chi connectivity index (χ2n) is 6.09. The largest absolute Gasteiger partial charge is 0.496 e. The van der Waals surface area contributed by atoms with Gasteiger partial charge in [-0.05, 0) is 35.9 Å². The van der Waals surface area contributed by atoms with E-state index in [1.165, 1.54) is 12.1 Å². The fraction of sp³-hybridized carbons (Fsp3) is 0.182. The summed E-state index contributed by atoms with van der Waals surface area (Å²) in [6.45, 7) is 1.70. The van der Waals surface area contributed by atoms with Gasteiger partial charge in [-0.2, -0.15) is 0 Å². The van der Waals surface area contributed by atoms with Crippen molar-refractivity contribution in [2.75, 3.05) is 7.11 Å². The van der Waals surface area contributed by atoms with Crippen molar-refractivity contribution in [3.05, 3.63) is 94.3 Å².